The number of aromatic nitrogens is 1. The van der Waals surface area contributed by atoms with Gasteiger partial charge in [0.2, 0.25) is 0 Å². The van der Waals surface area contributed by atoms with Gasteiger partial charge in [0.1, 0.15) is 24.5 Å². The van der Waals surface area contributed by atoms with E-state index in [0.717, 1.165) is 60.4 Å². The summed E-state index contributed by atoms with van der Waals surface area (Å²) in [6, 6.07) is 25.7. The summed E-state index contributed by atoms with van der Waals surface area (Å²) in [5.41, 5.74) is 5.71. The molecule has 1 fully saturated rings. The van der Waals surface area contributed by atoms with Crippen molar-refractivity contribution in [2.24, 2.45) is 5.92 Å². The Hall–Kier alpha value is -3.57. The van der Waals surface area contributed by atoms with Crippen LogP contribution in [0, 0.1) is 18.7 Å². The first-order valence-corrected chi connectivity index (χ1v) is 14.4. The topological polar surface area (TPSA) is 51.2 Å². The second kappa shape index (κ2) is 15.3. The molecular formula is C35H43FN2O2. The summed E-state index contributed by atoms with van der Waals surface area (Å²) in [5, 5.41) is 3.74. The summed E-state index contributed by atoms with van der Waals surface area (Å²) >= 11 is 0. The van der Waals surface area contributed by atoms with Crippen molar-refractivity contribution in [3.63, 3.8) is 0 Å². The lowest BCUT2D eigenvalue weighted by Gasteiger charge is -2.48. The highest BCUT2D eigenvalue weighted by atomic mass is 19.1. The summed E-state index contributed by atoms with van der Waals surface area (Å²) in [7, 11) is 1.88. The monoisotopic (exact) mass is 542 g/mol. The van der Waals surface area contributed by atoms with Gasteiger partial charge in [-0.3, -0.25) is 0 Å². The number of hydrogen-bond donors (Lipinski definition) is 1. The maximum absolute atomic E-state index is 13.4. The van der Waals surface area contributed by atoms with Crippen LogP contribution in [0.1, 0.15) is 68.8 Å². The van der Waals surface area contributed by atoms with Crippen molar-refractivity contribution in [2.45, 2.75) is 65.4 Å². The summed E-state index contributed by atoms with van der Waals surface area (Å²) in [6.07, 6.45) is 4.90. The molecule has 5 rings (SSSR count). The van der Waals surface area contributed by atoms with Gasteiger partial charge in [0.15, 0.2) is 0 Å². The number of aryl methyl sites for hydroxylation is 1. The minimum atomic E-state index is -0.247. The largest absolute Gasteiger partial charge is 0.487 e. The smallest absolute Gasteiger partial charge is 0.130 e. The third-order valence-corrected chi connectivity index (χ3v) is 7.29. The van der Waals surface area contributed by atoms with Gasteiger partial charge < -0.3 is 14.8 Å². The first kappa shape index (κ1) is 31.0. The van der Waals surface area contributed by atoms with Crippen LogP contribution in [0.15, 0.2) is 78.9 Å². The van der Waals surface area contributed by atoms with Crippen LogP contribution in [0.3, 0.4) is 0 Å². The summed E-state index contributed by atoms with van der Waals surface area (Å²) in [6.45, 7) is 9.84. The van der Waals surface area contributed by atoms with E-state index in [0.29, 0.717) is 13.0 Å². The van der Waals surface area contributed by atoms with Crippen LogP contribution in [-0.2, 0) is 16.8 Å². The van der Waals surface area contributed by atoms with Gasteiger partial charge in [0.25, 0.3) is 0 Å². The van der Waals surface area contributed by atoms with Gasteiger partial charge in [-0.15, -0.1) is 0 Å². The molecule has 0 bridgehead atoms. The third-order valence-electron chi connectivity index (χ3n) is 7.29. The summed E-state index contributed by atoms with van der Waals surface area (Å²) < 4.78 is 19.6. The van der Waals surface area contributed by atoms with Gasteiger partial charge in [-0.25, -0.2) is 9.37 Å². The molecule has 1 aliphatic rings. The van der Waals surface area contributed by atoms with Crippen molar-refractivity contribution in [2.75, 3.05) is 13.6 Å². The molecule has 1 N–H and O–H groups in total. The molecule has 0 amide bonds. The maximum atomic E-state index is 13.4. The zero-order valence-corrected chi connectivity index (χ0v) is 24.5. The van der Waals surface area contributed by atoms with Crippen molar-refractivity contribution in [3.8, 4) is 5.75 Å². The molecule has 0 radical (unpaired) electrons. The fraction of sp³-hybridized carbons (Fsp3) is 0.371. The van der Waals surface area contributed by atoms with E-state index < -0.39 is 0 Å². The van der Waals surface area contributed by atoms with E-state index in [1.807, 2.05) is 39.1 Å². The van der Waals surface area contributed by atoms with Crippen LogP contribution >= 0.6 is 0 Å². The number of nitrogens with one attached hydrogen (secondary N) is 1. The van der Waals surface area contributed by atoms with E-state index in [1.54, 1.807) is 6.07 Å². The highest BCUT2D eigenvalue weighted by molar-refractivity contribution is 5.78. The lowest BCUT2D eigenvalue weighted by Crippen LogP contribution is -2.41. The molecule has 1 heterocycles. The average Bonchev–Trinajstić information content (AvgIpc) is 2.97. The lowest BCUT2D eigenvalue weighted by atomic mass is 9.55. The minimum absolute atomic E-state index is 0.0649. The molecule has 1 aliphatic carbocycles. The Bertz CT molecular complexity index is 1350. The number of benzene rings is 3. The normalized spacial score (nSPS) is 17.5. The molecule has 1 saturated carbocycles. The molecule has 0 atom stereocenters. The van der Waals surface area contributed by atoms with Crippen LogP contribution in [0.25, 0.3) is 10.9 Å². The zero-order chi connectivity index (χ0) is 29.0. The first-order valence-electron chi connectivity index (χ1n) is 14.4. The fourth-order valence-electron chi connectivity index (χ4n) is 5.44. The minimum Gasteiger partial charge on any atom is -0.487 e. The number of ether oxygens (including phenoxy) is 1. The van der Waals surface area contributed by atoms with Crippen LogP contribution in [0.5, 0.6) is 5.75 Å². The van der Waals surface area contributed by atoms with Crippen LogP contribution in [-0.4, -0.2) is 24.9 Å². The van der Waals surface area contributed by atoms with Gasteiger partial charge in [0.05, 0.1) is 11.2 Å². The van der Waals surface area contributed by atoms with Crippen molar-refractivity contribution >= 4 is 17.2 Å². The molecule has 3 aromatic carbocycles. The highest BCUT2D eigenvalue weighted by Gasteiger charge is 2.45. The molecule has 1 aromatic heterocycles. The van der Waals surface area contributed by atoms with Crippen molar-refractivity contribution in [1.29, 1.82) is 0 Å². The fourth-order valence-corrected chi connectivity index (χ4v) is 5.44. The molecule has 0 saturated heterocycles. The number of rotatable bonds is 9. The van der Waals surface area contributed by atoms with Crippen molar-refractivity contribution in [1.82, 2.24) is 10.3 Å². The van der Waals surface area contributed by atoms with Crippen LogP contribution in [0.4, 0.5) is 4.39 Å². The number of pyridine rings is 1. The number of halogens is 1. The number of unbranched alkanes of at least 4 members (excludes halogenated alkanes) is 1. The van der Waals surface area contributed by atoms with E-state index in [4.69, 9.17) is 4.74 Å². The van der Waals surface area contributed by atoms with Crippen molar-refractivity contribution in [3.05, 3.63) is 107 Å². The number of carbonyl (C=O) groups is 1. The maximum Gasteiger partial charge on any atom is 0.130 e. The molecule has 4 nitrogen and oxygen atoms in total. The number of aldehydes is 1. The molecular weight excluding hydrogens is 499 g/mol. The van der Waals surface area contributed by atoms with Gasteiger partial charge >= 0.3 is 0 Å². The molecule has 0 spiro atoms. The summed E-state index contributed by atoms with van der Waals surface area (Å²) in [4.78, 5) is 14.3. The molecule has 212 valence electrons. The SMILES string of the molecule is CC.CNCCCC=O.Cc1ccc(OCc2ccc3cc(F)ccc3n2)cc1C1(c2ccccc2)CC(C)C1. The van der Waals surface area contributed by atoms with E-state index in [1.165, 1.54) is 28.8 Å². The van der Waals surface area contributed by atoms with E-state index >= 15 is 0 Å². The molecule has 5 heteroatoms. The second-order valence-corrected chi connectivity index (χ2v) is 10.3. The number of hydrogen-bond acceptors (Lipinski definition) is 4. The summed E-state index contributed by atoms with van der Waals surface area (Å²) in [5.74, 6) is 1.33. The Morgan fingerprint density at radius 1 is 1.02 bits per heavy atom. The van der Waals surface area contributed by atoms with Gasteiger partial charge in [-0.1, -0.05) is 63.2 Å². The standard InChI is InChI=1S/C28H26FNO.C5H11NO.C2H6/c1-19-16-28(17-19,22-6-4-3-5-7-22)26-15-25(12-8-20(26)2)31-18-24-11-9-21-14-23(29)10-13-27(21)30-24;1-6-4-2-3-5-7;1-2/h3-15,19H,16-18H2,1-2H3;5-6H,2-4H2,1H3;1-2H3. The highest BCUT2D eigenvalue weighted by Crippen LogP contribution is 2.53. The Kier molecular flexibility index (Phi) is 11.8. The zero-order valence-electron chi connectivity index (χ0n) is 24.5. The quantitative estimate of drug-likeness (QED) is 0.171. The van der Waals surface area contributed by atoms with Gasteiger partial charge in [-0.05, 0) is 98.8 Å². The molecule has 4 aromatic rings. The number of fused-ring (bicyclic) bond motifs is 1. The Morgan fingerprint density at radius 3 is 2.45 bits per heavy atom. The van der Waals surface area contributed by atoms with Crippen LogP contribution in [0.2, 0.25) is 0 Å². The average molecular weight is 543 g/mol. The van der Waals surface area contributed by atoms with Gasteiger partial charge in [0, 0.05) is 17.2 Å². The number of nitrogens with zero attached hydrogens (tertiary/aromatic N) is 1. The van der Waals surface area contributed by atoms with Gasteiger partial charge in [-0.2, -0.15) is 0 Å². The third kappa shape index (κ3) is 7.76. The molecule has 40 heavy (non-hydrogen) atoms. The predicted molar refractivity (Wildman–Crippen MR) is 163 cm³/mol. The van der Waals surface area contributed by atoms with E-state index in [2.05, 4.69) is 66.6 Å². The Morgan fingerprint density at radius 2 is 1.77 bits per heavy atom. The molecule has 0 unspecified atom stereocenters. The molecule has 0 aliphatic heterocycles. The predicted octanol–water partition coefficient (Wildman–Crippen LogP) is 8.19. The lowest BCUT2D eigenvalue weighted by molar-refractivity contribution is -0.107. The van der Waals surface area contributed by atoms with Crippen molar-refractivity contribution < 1.29 is 13.9 Å². The second-order valence-electron chi connectivity index (χ2n) is 10.3. The van der Waals surface area contributed by atoms with Crippen LogP contribution < -0.4 is 10.1 Å². The van der Waals surface area contributed by atoms with E-state index in [9.17, 15) is 9.18 Å². The Labute approximate surface area is 239 Å². The number of carbonyl (C=O) groups excluding carboxylic acids is 1. The Balaban J connectivity index is 0.000000430. The van der Waals surface area contributed by atoms with E-state index in [-0.39, 0.29) is 11.2 Å². The first-order chi connectivity index (χ1) is 19.4.